The summed E-state index contributed by atoms with van der Waals surface area (Å²) >= 11 is 0. The van der Waals surface area contributed by atoms with Crippen LogP contribution in [0.1, 0.15) is 18.7 Å². The Balaban J connectivity index is 2.20. The molecule has 2 rings (SSSR count). The summed E-state index contributed by atoms with van der Waals surface area (Å²) in [7, 11) is 1.56. The van der Waals surface area contributed by atoms with Crippen LogP contribution in [0.5, 0.6) is 0 Å². The Bertz CT molecular complexity index is 346. The van der Waals surface area contributed by atoms with Crippen LogP contribution in [0.4, 0.5) is 0 Å². The van der Waals surface area contributed by atoms with Gasteiger partial charge in [0.05, 0.1) is 0 Å². The van der Waals surface area contributed by atoms with Gasteiger partial charge < -0.3 is 10.2 Å². The Kier molecular flexibility index (Phi) is 3.82. The van der Waals surface area contributed by atoms with Gasteiger partial charge in [0, 0.05) is 18.3 Å². The van der Waals surface area contributed by atoms with Crippen molar-refractivity contribution in [1.82, 2.24) is 15.3 Å². The van der Waals surface area contributed by atoms with Gasteiger partial charge in [-0.15, -0.1) is 0 Å². The Morgan fingerprint density at radius 3 is 2.69 bits per heavy atom. The van der Waals surface area contributed by atoms with Crippen LogP contribution < -0.4 is 5.32 Å². The number of aromatic nitrogens is 2. The molecule has 2 heterocycles. The number of nitrogens with one attached hydrogen (secondary N) is 1. The van der Waals surface area contributed by atoms with Crippen molar-refractivity contribution in [3.63, 3.8) is 0 Å². The van der Waals surface area contributed by atoms with Crippen LogP contribution in [-0.2, 0) is 4.84 Å². The van der Waals surface area contributed by atoms with Crippen molar-refractivity contribution in [2.24, 2.45) is 11.1 Å². The van der Waals surface area contributed by atoms with Gasteiger partial charge >= 0.3 is 0 Å². The molecule has 0 radical (unpaired) electrons. The molecule has 0 atom stereocenters. The highest BCUT2D eigenvalue weighted by Gasteiger charge is 2.22. The van der Waals surface area contributed by atoms with E-state index in [2.05, 4.69) is 20.4 Å². The summed E-state index contributed by atoms with van der Waals surface area (Å²) in [6.07, 6.45) is 5.57. The molecule has 0 unspecified atom stereocenters. The molecular weight excluding hydrogens is 204 g/mol. The highest BCUT2D eigenvalue weighted by molar-refractivity contribution is 5.98. The number of hydrogen-bond donors (Lipinski definition) is 1. The van der Waals surface area contributed by atoms with Crippen LogP contribution in [0, 0.1) is 5.92 Å². The SMILES string of the molecule is CON=C(c1ncccn1)C1CCNCC1. The van der Waals surface area contributed by atoms with Gasteiger partial charge in [0.15, 0.2) is 5.82 Å². The molecule has 0 bridgehead atoms. The van der Waals surface area contributed by atoms with Crippen molar-refractivity contribution in [3.05, 3.63) is 24.3 Å². The molecule has 1 aromatic rings. The molecule has 5 nitrogen and oxygen atoms in total. The fourth-order valence-electron chi connectivity index (χ4n) is 1.92. The molecule has 16 heavy (non-hydrogen) atoms. The summed E-state index contributed by atoms with van der Waals surface area (Å²) in [4.78, 5) is 13.4. The summed E-state index contributed by atoms with van der Waals surface area (Å²) in [6.45, 7) is 2.03. The Morgan fingerprint density at radius 1 is 1.38 bits per heavy atom. The van der Waals surface area contributed by atoms with E-state index in [1.807, 2.05) is 0 Å². The van der Waals surface area contributed by atoms with E-state index < -0.39 is 0 Å². The lowest BCUT2D eigenvalue weighted by molar-refractivity contribution is 0.210. The maximum atomic E-state index is 4.90. The van der Waals surface area contributed by atoms with E-state index in [0.29, 0.717) is 11.7 Å². The average Bonchev–Trinajstić information content (AvgIpc) is 2.38. The normalized spacial score (nSPS) is 18.4. The Morgan fingerprint density at radius 2 is 2.06 bits per heavy atom. The predicted molar refractivity (Wildman–Crippen MR) is 61.2 cm³/mol. The molecule has 0 aromatic carbocycles. The summed E-state index contributed by atoms with van der Waals surface area (Å²) in [5.41, 5.74) is 0.865. The first kappa shape index (κ1) is 11.0. The van der Waals surface area contributed by atoms with E-state index in [1.165, 1.54) is 0 Å². The molecule has 5 heteroatoms. The van der Waals surface area contributed by atoms with Gasteiger partial charge in [-0.25, -0.2) is 9.97 Å². The maximum Gasteiger partial charge on any atom is 0.177 e. The van der Waals surface area contributed by atoms with Crippen molar-refractivity contribution < 1.29 is 4.84 Å². The van der Waals surface area contributed by atoms with Crippen LogP contribution in [0.15, 0.2) is 23.6 Å². The highest BCUT2D eigenvalue weighted by atomic mass is 16.6. The molecule has 0 amide bonds. The average molecular weight is 220 g/mol. The summed E-state index contributed by atoms with van der Waals surface area (Å²) in [6, 6.07) is 1.80. The second-order valence-electron chi connectivity index (χ2n) is 3.76. The van der Waals surface area contributed by atoms with Gasteiger partial charge in [-0.1, -0.05) is 5.16 Å². The quantitative estimate of drug-likeness (QED) is 0.605. The molecule has 1 N–H and O–H groups in total. The number of nitrogens with zero attached hydrogens (tertiary/aromatic N) is 3. The number of oxime groups is 1. The molecule has 86 valence electrons. The first-order valence-electron chi connectivity index (χ1n) is 5.51. The zero-order chi connectivity index (χ0) is 11.2. The molecule has 1 aromatic heterocycles. The standard InChI is InChI=1S/C11H16N4O/c1-16-15-10(9-3-7-12-8-4-9)11-13-5-2-6-14-11/h2,5-6,9,12H,3-4,7-8H2,1H3. The minimum absolute atomic E-state index is 0.392. The molecule has 0 aliphatic carbocycles. The van der Waals surface area contributed by atoms with Crippen molar-refractivity contribution in [2.75, 3.05) is 20.2 Å². The van der Waals surface area contributed by atoms with E-state index >= 15 is 0 Å². The lowest BCUT2D eigenvalue weighted by atomic mass is 9.92. The molecule has 1 fully saturated rings. The van der Waals surface area contributed by atoms with Gasteiger partial charge in [-0.05, 0) is 32.0 Å². The van der Waals surface area contributed by atoms with Gasteiger partial charge in [-0.3, -0.25) is 0 Å². The molecule has 0 saturated carbocycles. The highest BCUT2D eigenvalue weighted by Crippen LogP contribution is 2.17. The van der Waals surface area contributed by atoms with E-state index in [4.69, 9.17) is 4.84 Å². The lowest BCUT2D eigenvalue weighted by Crippen LogP contribution is -2.33. The van der Waals surface area contributed by atoms with Crippen LogP contribution in [0.2, 0.25) is 0 Å². The van der Waals surface area contributed by atoms with E-state index in [-0.39, 0.29) is 0 Å². The first-order valence-corrected chi connectivity index (χ1v) is 5.51. The largest absolute Gasteiger partial charge is 0.399 e. The molecule has 1 aliphatic rings. The second kappa shape index (κ2) is 5.55. The molecular formula is C11H16N4O. The van der Waals surface area contributed by atoms with Crippen LogP contribution >= 0.6 is 0 Å². The summed E-state index contributed by atoms with van der Waals surface area (Å²) < 4.78 is 0. The summed E-state index contributed by atoms with van der Waals surface area (Å²) in [5.74, 6) is 1.07. The smallest absolute Gasteiger partial charge is 0.177 e. The zero-order valence-corrected chi connectivity index (χ0v) is 9.39. The van der Waals surface area contributed by atoms with Gasteiger partial charge in [-0.2, -0.15) is 0 Å². The fraction of sp³-hybridized carbons (Fsp3) is 0.545. The third-order valence-corrected chi connectivity index (χ3v) is 2.71. The number of hydrogen-bond acceptors (Lipinski definition) is 5. The Labute approximate surface area is 94.9 Å². The maximum absolute atomic E-state index is 4.90. The molecule has 1 saturated heterocycles. The van der Waals surface area contributed by atoms with Crippen molar-refractivity contribution in [2.45, 2.75) is 12.8 Å². The van der Waals surface area contributed by atoms with Crippen LogP contribution in [0.3, 0.4) is 0 Å². The fourth-order valence-corrected chi connectivity index (χ4v) is 1.92. The van der Waals surface area contributed by atoms with Crippen molar-refractivity contribution in [3.8, 4) is 0 Å². The summed E-state index contributed by atoms with van der Waals surface area (Å²) in [5, 5.41) is 7.41. The van der Waals surface area contributed by atoms with E-state index in [0.717, 1.165) is 31.6 Å². The van der Waals surface area contributed by atoms with Crippen molar-refractivity contribution in [1.29, 1.82) is 0 Å². The minimum Gasteiger partial charge on any atom is -0.399 e. The van der Waals surface area contributed by atoms with Crippen LogP contribution in [-0.4, -0.2) is 35.9 Å². The van der Waals surface area contributed by atoms with Crippen molar-refractivity contribution >= 4 is 5.71 Å². The second-order valence-corrected chi connectivity index (χ2v) is 3.76. The number of rotatable bonds is 3. The monoisotopic (exact) mass is 220 g/mol. The van der Waals surface area contributed by atoms with Gasteiger partial charge in [0.25, 0.3) is 0 Å². The molecule has 1 aliphatic heterocycles. The van der Waals surface area contributed by atoms with Gasteiger partial charge in [0.1, 0.15) is 12.8 Å². The van der Waals surface area contributed by atoms with E-state index in [9.17, 15) is 0 Å². The number of piperidine rings is 1. The zero-order valence-electron chi connectivity index (χ0n) is 9.39. The lowest BCUT2D eigenvalue weighted by Gasteiger charge is -2.22. The third-order valence-electron chi connectivity index (χ3n) is 2.71. The third kappa shape index (κ3) is 2.55. The Hall–Kier alpha value is -1.49. The van der Waals surface area contributed by atoms with Crippen LogP contribution in [0.25, 0.3) is 0 Å². The topological polar surface area (TPSA) is 59.4 Å². The minimum atomic E-state index is 0.392. The first-order chi connectivity index (χ1) is 7.92. The van der Waals surface area contributed by atoms with Gasteiger partial charge in [0.2, 0.25) is 0 Å². The van der Waals surface area contributed by atoms with E-state index in [1.54, 1.807) is 25.6 Å². The predicted octanol–water partition coefficient (Wildman–Crippen LogP) is 0.827. The molecule has 0 spiro atoms.